The molecule has 3 rings (SSSR count). The van der Waals surface area contributed by atoms with Crippen molar-refractivity contribution in [2.24, 2.45) is 0 Å². The lowest BCUT2D eigenvalue weighted by Crippen LogP contribution is -2.08. The normalized spacial score (nSPS) is 10.6. The fraction of sp³-hybridized carbons (Fsp3) is 0.0870. The van der Waals surface area contributed by atoms with Gasteiger partial charge in [-0.25, -0.2) is 0 Å². The van der Waals surface area contributed by atoms with Gasteiger partial charge in [0.25, 0.3) is 0 Å². The smallest absolute Gasteiger partial charge is 0.248 e. The van der Waals surface area contributed by atoms with Crippen molar-refractivity contribution in [1.82, 2.24) is 0 Å². The maximum absolute atomic E-state index is 12.2. The maximum Gasteiger partial charge on any atom is 0.248 e. The van der Waals surface area contributed by atoms with Gasteiger partial charge in [0.15, 0.2) is 0 Å². The molecular formula is C23H20ClNO3. The molecule has 3 aromatic rings. The average Bonchev–Trinajstić information content (AvgIpc) is 2.72. The second-order valence-corrected chi connectivity index (χ2v) is 6.45. The van der Waals surface area contributed by atoms with Gasteiger partial charge in [-0.2, -0.15) is 0 Å². The van der Waals surface area contributed by atoms with Gasteiger partial charge < -0.3 is 14.8 Å². The Labute approximate surface area is 169 Å². The molecule has 0 spiro atoms. The number of amides is 1. The first-order valence-corrected chi connectivity index (χ1v) is 9.11. The molecule has 28 heavy (non-hydrogen) atoms. The van der Waals surface area contributed by atoms with Crippen LogP contribution in [-0.2, 0) is 11.4 Å². The van der Waals surface area contributed by atoms with E-state index in [1.165, 1.54) is 13.2 Å². The first kappa shape index (κ1) is 19.5. The van der Waals surface area contributed by atoms with Crippen LogP contribution in [0.3, 0.4) is 0 Å². The van der Waals surface area contributed by atoms with Crippen LogP contribution < -0.4 is 14.8 Å². The number of rotatable bonds is 7. The summed E-state index contributed by atoms with van der Waals surface area (Å²) < 4.78 is 11.0. The Morgan fingerprint density at radius 1 is 1.04 bits per heavy atom. The van der Waals surface area contributed by atoms with Gasteiger partial charge in [-0.15, -0.1) is 0 Å². The van der Waals surface area contributed by atoms with Crippen molar-refractivity contribution in [3.8, 4) is 11.5 Å². The van der Waals surface area contributed by atoms with Crippen LogP contribution in [0.4, 0.5) is 5.69 Å². The third kappa shape index (κ3) is 5.63. The minimum absolute atomic E-state index is 0.273. The van der Waals surface area contributed by atoms with Gasteiger partial charge in [0, 0.05) is 11.1 Å². The second kappa shape index (κ2) is 9.62. The Balaban J connectivity index is 1.56. The van der Waals surface area contributed by atoms with Crippen LogP contribution in [0.15, 0.2) is 78.9 Å². The number of halogens is 1. The summed E-state index contributed by atoms with van der Waals surface area (Å²) in [5, 5.41) is 3.28. The number of carbonyl (C=O) groups excluding carboxylic acids is 1. The SMILES string of the molecule is COc1ccc(Cl)cc1NC(=O)/C=C/c1ccc(OCc2ccccc2)cc1. The van der Waals surface area contributed by atoms with E-state index in [0.717, 1.165) is 16.9 Å². The highest BCUT2D eigenvalue weighted by molar-refractivity contribution is 6.31. The van der Waals surface area contributed by atoms with Crippen LogP contribution in [0.5, 0.6) is 11.5 Å². The topological polar surface area (TPSA) is 47.6 Å². The predicted octanol–water partition coefficient (Wildman–Crippen LogP) is 5.58. The molecule has 0 aromatic heterocycles. The molecule has 0 fully saturated rings. The Hall–Kier alpha value is -3.24. The van der Waals surface area contributed by atoms with E-state index >= 15 is 0 Å². The van der Waals surface area contributed by atoms with Crippen LogP contribution in [0.2, 0.25) is 5.02 Å². The number of carbonyl (C=O) groups is 1. The van der Waals surface area contributed by atoms with Crippen LogP contribution in [0.25, 0.3) is 6.08 Å². The van der Waals surface area contributed by atoms with E-state index in [1.54, 1.807) is 24.3 Å². The summed E-state index contributed by atoms with van der Waals surface area (Å²) in [4.78, 5) is 12.2. The molecule has 0 saturated carbocycles. The largest absolute Gasteiger partial charge is 0.495 e. The summed E-state index contributed by atoms with van der Waals surface area (Å²) in [6.45, 7) is 0.514. The first-order chi connectivity index (χ1) is 13.6. The van der Waals surface area contributed by atoms with Gasteiger partial charge in [-0.05, 0) is 47.5 Å². The molecule has 4 nitrogen and oxygen atoms in total. The standard InChI is InChI=1S/C23H20ClNO3/c1-27-22-13-10-19(24)15-21(22)25-23(26)14-9-17-7-11-20(12-8-17)28-16-18-5-3-2-4-6-18/h2-15H,16H2,1H3,(H,25,26)/b14-9+. The third-order valence-corrected chi connectivity index (χ3v) is 4.21. The summed E-state index contributed by atoms with van der Waals surface area (Å²) in [5.41, 5.74) is 2.52. The Kier molecular flexibility index (Phi) is 6.71. The minimum atomic E-state index is -0.273. The zero-order valence-corrected chi connectivity index (χ0v) is 16.1. The fourth-order valence-electron chi connectivity index (χ4n) is 2.54. The van der Waals surface area contributed by atoms with Crippen molar-refractivity contribution in [1.29, 1.82) is 0 Å². The fourth-order valence-corrected chi connectivity index (χ4v) is 2.71. The second-order valence-electron chi connectivity index (χ2n) is 6.01. The molecule has 142 valence electrons. The quantitative estimate of drug-likeness (QED) is 0.533. The Morgan fingerprint density at radius 2 is 1.79 bits per heavy atom. The molecule has 0 bridgehead atoms. The van der Waals surface area contributed by atoms with E-state index < -0.39 is 0 Å². The number of nitrogens with one attached hydrogen (secondary N) is 1. The first-order valence-electron chi connectivity index (χ1n) is 8.73. The van der Waals surface area contributed by atoms with E-state index in [2.05, 4.69) is 5.32 Å². The van der Waals surface area contributed by atoms with Crippen molar-refractivity contribution in [3.05, 3.63) is 95.0 Å². The van der Waals surface area contributed by atoms with Crippen molar-refractivity contribution < 1.29 is 14.3 Å². The highest BCUT2D eigenvalue weighted by atomic mass is 35.5. The molecule has 0 unspecified atom stereocenters. The summed E-state index contributed by atoms with van der Waals surface area (Å²) in [6.07, 6.45) is 3.19. The van der Waals surface area contributed by atoms with Crippen LogP contribution >= 0.6 is 11.6 Å². The lowest BCUT2D eigenvalue weighted by Gasteiger charge is -2.09. The molecule has 0 radical (unpaired) electrons. The summed E-state index contributed by atoms with van der Waals surface area (Å²) in [6, 6.07) is 22.6. The number of hydrogen-bond donors (Lipinski definition) is 1. The molecule has 0 aliphatic carbocycles. The molecule has 0 aliphatic heterocycles. The van der Waals surface area contributed by atoms with Crippen LogP contribution in [0.1, 0.15) is 11.1 Å². The van der Waals surface area contributed by atoms with E-state index in [-0.39, 0.29) is 5.91 Å². The number of anilines is 1. The number of hydrogen-bond acceptors (Lipinski definition) is 3. The molecule has 0 aliphatic rings. The lowest BCUT2D eigenvalue weighted by atomic mass is 10.2. The van der Waals surface area contributed by atoms with Gasteiger partial charge in [-0.1, -0.05) is 54.1 Å². The van der Waals surface area contributed by atoms with Crippen LogP contribution in [-0.4, -0.2) is 13.0 Å². The highest BCUT2D eigenvalue weighted by Gasteiger charge is 2.06. The number of benzene rings is 3. The van der Waals surface area contributed by atoms with Crippen LogP contribution in [0, 0.1) is 0 Å². The van der Waals surface area contributed by atoms with Crippen molar-refractivity contribution in [3.63, 3.8) is 0 Å². The lowest BCUT2D eigenvalue weighted by molar-refractivity contribution is -0.111. The Morgan fingerprint density at radius 3 is 2.50 bits per heavy atom. The Bertz CT molecular complexity index is 953. The summed E-state index contributed by atoms with van der Waals surface area (Å²) in [5.74, 6) is 1.05. The highest BCUT2D eigenvalue weighted by Crippen LogP contribution is 2.27. The van der Waals surface area contributed by atoms with E-state index in [1.807, 2.05) is 54.6 Å². The molecule has 1 N–H and O–H groups in total. The molecule has 0 heterocycles. The molecule has 0 atom stereocenters. The van der Waals surface area contributed by atoms with Gasteiger partial charge in [-0.3, -0.25) is 4.79 Å². The number of methoxy groups -OCH3 is 1. The van der Waals surface area contributed by atoms with Crippen molar-refractivity contribution >= 4 is 29.3 Å². The molecule has 3 aromatic carbocycles. The summed E-state index contributed by atoms with van der Waals surface area (Å²) in [7, 11) is 1.54. The van der Waals surface area contributed by atoms with Gasteiger partial charge in [0.1, 0.15) is 18.1 Å². The third-order valence-electron chi connectivity index (χ3n) is 3.97. The zero-order chi connectivity index (χ0) is 19.8. The minimum Gasteiger partial charge on any atom is -0.495 e. The van der Waals surface area contributed by atoms with Gasteiger partial charge >= 0.3 is 0 Å². The maximum atomic E-state index is 12.2. The molecule has 0 saturated heterocycles. The predicted molar refractivity (Wildman–Crippen MR) is 113 cm³/mol. The molecular weight excluding hydrogens is 374 g/mol. The van der Waals surface area contributed by atoms with Crippen molar-refractivity contribution in [2.45, 2.75) is 6.61 Å². The summed E-state index contributed by atoms with van der Waals surface area (Å²) >= 11 is 5.97. The van der Waals surface area contributed by atoms with Gasteiger partial charge in [0.05, 0.1) is 12.8 Å². The monoisotopic (exact) mass is 393 g/mol. The zero-order valence-electron chi connectivity index (χ0n) is 15.4. The molecule has 1 amide bonds. The van der Waals surface area contributed by atoms with Crippen molar-refractivity contribution in [2.75, 3.05) is 12.4 Å². The molecule has 5 heteroatoms. The number of ether oxygens (including phenoxy) is 2. The van der Waals surface area contributed by atoms with E-state index in [4.69, 9.17) is 21.1 Å². The van der Waals surface area contributed by atoms with Gasteiger partial charge in [0.2, 0.25) is 5.91 Å². The van der Waals surface area contributed by atoms with E-state index in [9.17, 15) is 4.79 Å². The van der Waals surface area contributed by atoms with E-state index in [0.29, 0.717) is 23.1 Å². The average molecular weight is 394 g/mol.